The second-order valence-corrected chi connectivity index (χ2v) is 6.10. The van der Waals surface area contributed by atoms with Gasteiger partial charge < -0.3 is 14.8 Å². The van der Waals surface area contributed by atoms with Crippen molar-refractivity contribution in [1.29, 1.82) is 0 Å². The molecule has 5 nitrogen and oxygen atoms in total. The first kappa shape index (κ1) is 18.2. The molecule has 1 atom stereocenters. The van der Waals surface area contributed by atoms with Crippen LogP contribution in [0.1, 0.15) is 31.9 Å². The van der Waals surface area contributed by atoms with E-state index in [1.165, 1.54) is 11.3 Å². The summed E-state index contributed by atoms with van der Waals surface area (Å²) in [6.45, 7) is 7.18. The van der Waals surface area contributed by atoms with Gasteiger partial charge in [0.25, 0.3) is 0 Å². The summed E-state index contributed by atoms with van der Waals surface area (Å²) in [5.41, 5.74) is 0.942. The fourth-order valence-electron chi connectivity index (χ4n) is 2.68. The second-order valence-electron chi connectivity index (χ2n) is 5.28. The average Bonchev–Trinajstić information content (AvgIpc) is 3.05. The van der Waals surface area contributed by atoms with Crippen molar-refractivity contribution in [3.63, 3.8) is 0 Å². The van der Waals surface area contributed by atoms with Gasteiger partial charge in [0.15, 0.2) is 0 Å². The molecule has 1 saturated heterocycles. The number of aryl methyl sites for hydroxylation is 1. The maximum atomic E-state index is 12.4. The summed E-state index contributed by atoms with van der Waals surface area (Å²) in [6.07, 6.45) is 2.41. The molecule has 1 N–H and O–H groups in total. The number of rotatable bonds is 6. The van der Waals surface area contributed by atoms with Gasteiger partial charge in [-0.15, -0.1) is 12.4 Å². The lowest BCUT2D eigenvalue weighted by molar-refractivity contribution is -0.133. The Balaban J connectivity index is 0.00000220. The smallest absolute Gasteiger partial charge is 0.307 e. The molecule has 120 valence electrons. The van der Waals surface area contributed by atoms with Gasteiger partial charge in [-0.05, 0) is 26.3 Å². The third-order valence-electron chi connectivity index (χ3n) is 3.79. The monoisotopic (exact) mass is 333 g/mol. The largest absolute Gasteiger partial charge is 0.338 e. The molecule has 0 aliphatic carbocycles. The topological polar surface area (TPSA) is 54.3 Å². The van der Waals surface area contributed by atoms with E-state index in [1.54, 1.807) is 4.57 Å². The molecule has 21 heavy (non-hydrogen) atoms. The van der Waals surface area contributed by atoms with Gasteiger partial charge in [0.1, 0.15) is 0 Å². The van der Waals surface area contributed by atoms with Crippen molar-refractivity contribution in [3.8, 4) is 0 Å². The number of hydrogen-bond acceptors (Lipinski definition) is 4. The van der Waals surface area contributed by atoms with E-state index in [1.807, 2.05) is 17.2 Å². The summed E-state index contributed by atoms with van der Waals surface area (Å²) in [6, 6.07) is 0.322. The van der Waals surface area contributed by atoms with Gasteiger partial charge in [-0.2, -0.15) is 0 Å². The number of carbonyl (C=O) groups excluding carboxylic acids is 1. The summed E-state index contributed by atoms with van der Waals surface area (Å²) in [4.78, 5) is 26.1. The van der Waals surface area contributed by atoms with Crippen molar-refractivity contribution in [2.75, 3.05) is 19.6 Å². The molecule has 0 radical (unpaired) electrons. The van der Waals surface area contributed by atoms with Crippen molar-refractivity contribution in [2.24, 2.45) is 0 Å². The zero-order valence-corrected chi connectivity index (χ0v) is 14.3. The first-order valence-electron chi connectivity index (χ1n) is 7.28. The zero-order valence-electron chi connectivity index (χ0n) is 12.6. The van der Waals surface area contributed by atoms with Gasteiger partial charge in [0.05, 0.1) is 0 Å². The minimum Gasteiger partial charge on any atom is -0.338 e. The molecule has 2 heterocycles. The van der Waals surface area contributed by atoms with Crippen molar-refractivity contribution >= 4 is 29.7 Å². The van der Waals surface area contributed by atoms with E-state index in [9.17, 15) is 9.59 Å². The molecule has 1 aliphatic heterocycles. The second kappa shape index (κ2) is 8.56. The van der Waals surface area contributed by atoms with Gasteiger partial charge in [0, 0.05) is 43.2 Å². The quantitative estimate of drug-likeness (QED) is 0.861. The Morgan fingerprint density at radius 1 is 1.57 bits per heavy atom. The first-order valence-corrected chi connectivity index (χ1v) is 8.16. The van der Waals surface area contributed by atoms with Crippen LogP contribution in [0, 0.1) is 6.92 Å². The summed E-state index contributed by atoms with van der Waals surface area (Å²) < 4.78 is 1.69. The Kier molecular flexibility index (Phi) is 7.42. The molecule has 1 unspecified atom stereocenters. The van der Waals surface area contributed by atoms with E-state index in [-0.39, 0.29) is 23.2 Å². The van der Waals surface area contributed by atoms with Crippen molar-refractivity contribution in [3.05, 3.63) is 20.7 Å². The number of carbonyl (C=O) groups is 1. The SMILES string of the molecule is CCCN(C(=O)CCn1c(C)csc1=O)C1CCNC1.Cl. The predicted molar refractivity (Wildman–Crippen MR) is 88.5 cm³/mol. The van der Waals surface area contributed by atoms with Crippen LogP contribution in [-0.4, -0.2) is 41.1 Å². The highest BCUT2D eigenvalue weighted by Gasteiger charge is 2.25. The molecule has 2 rings (SSSR count). The third-order valence-corrected chi connectivity index (χ3v) is 4.67. The van der Waals surface area contributed by atoms with Crippen LogP contribution in [-0.2, 0) is 11.3 Å². The van der Waals surface area contributed by atoms with Crippen LogP contribution in [0.2, 0.25) is 0 Å². The highest BCUT2D eigenvalue weighted by molar-refractivity contribution is 7.07. The van der Waals surface area contributed by atoms with E-state index in [0.29, 0.717) is 19.0 Å². The average molecular weight is 334 g/mol. The lowest BCUT2D eigenvalue weighted by Gasteiger charge is -2.28. The van der Waals surface area contributed by atoms with Crippen LogP contribution in [0.5, 0.6) is 0 Å². The van der Waals surface area contributed by atoms with Crippen LogP contribution >= 0.6 is 23.7 Å². The highest BCUT2D eigenvalue weighted by atomic mass is 35.5. The van der Waals surface area contributed by atoms with E-state index in [2.05, 4.69) is 12.2 Å². The number of amides is 1. The number of aromatic nitrogens is 1. The van der Waals surface area contributed by atoms with E-state index in [4.69, 9.17) is 0 Å². The maximum absolute atomic E-state index is 12.4. The molecule has 0 bridgehead atoms. The fourth-order valence-corrected chi connectivity index (χ4v) is 3.44. The van der Waals surface area contributed by atoms with Crippen molar-refractivity contribution in [1.82, 2.24) is 14.8 Å². The zero-order chi connectivity index (χ0) is 14.5. The lowest BCUT2D eigenvalue weighted by atomic mass is 10.2. The van der Waals surface area contributed by atoms with Crippen LogP contribution < -0.4 is 10.2 Å². The molecule has 0 spiro atoms. The molecular weight excluding hydrogens is 310 g/mol. The summed E-state index contributed by atoms with van der Waals surface area (Å²) in [5, 5.41) is 5.15. The van der Waals surface area contributed by atoms with Crippen LogP contribution in [0.25, 0.3) is 0 Å². The normalized spacial score (nSPS) is 17.5. The molecule has 1 aromatic rings. The standard InChI is InChI=1S/C14H23N3O2S.ClH/c1-3-7-17(12-4-6-15-9-12)13(18)5-8-16-11(2)10-20-14(16)19;/h10,12,15H,3-9H2,1-2H3;1H. The minimum absolute atomic E-state index is 0. The molecule has 0 saturated carbocycles. The predicted octanol–water partition coefficient (Wildman–Crippen LogP) is 1.63. The number of hydrogen-bond donors (Lipinski definition) is 1. The molecule has 1 aromatic heterocycles. The summed E-state index contributed by atoms with van der Waals surface area (Å²) in [5.74, 6) is 0.165. The van der Waals surface area contributed by atoms with Gasteiger partial charge >= 0.3 is 4.87 Å². The van der Waals surface area contributed by atoms with Gasteiger partial charge in [-0.3, -0.25) is 9.59 Å². The van der Waals surface area contributed by atoms with E-state index >= 15 is 0 Å². The molecule has 1 aliphatic rings. The number of nitrogens with zero attached hydrogens (tertiary/aromatic N) is 2. The lowest BCUT2D eigenvalue weighted by Crippen LogP contribution is -2.42. The van der Waals surface area contributed by atoms with E-state index < -0.39 is 0 Å². The first-order chi connectivity index (χ1) is 9.63. The number of thiazole rings is 1. The van der Waals surface area contributed by atoms with Crippen LogP contribution in [0.4, 0.5) is 0 Å². The number of nitrogens with one attached hydrogen (secondary N) is 1. The maximum Gasteiger partial charge on any atom is 0.307 e. The minimum atomic E-state index is 0. The Hall–Kier alpha value is -0.850. The van der Waals surface area contributed by atoms with Gasteiger partial charge in [-0.1, -0.05) is 18.3 Å². The molecule has 1 fully saturated rings. The Bertz CT molecular complexity index is 509. The molecular formula is C14H24ClN3O2S. The van der Waals surface area contributed by atoms with E-state index in [0.717, 1.165) is 38.2 Å². The van der Waals surface area contributed by atoms with Gasteiger partial charge in [-0.25, -0.2) is 0 Å². The third kappa shape index (κ3) is 4.56. The van der Waals surface area contributed by atoms with Gasteiger partial charge in [0.2, 0.25) is 5.91 Å². The Labute approximate surface area is 135 Å². The fraction of sp³-hybridized carbons (Fsp3) is 0.714. The van der Waals surface area contributed by atoms with Crippen LogP contribution in [0.3, 0.4) is 0 Å². The summed E-state index contributed by atoms with van der Waals surface area (Å²) in [7, 11) is 0. The summed E-state index contributed by atoms with van der Waals surface area (Å²) >= 11 is 1.20. The Morgan fingerprint density at radius 2 is 2.33 bits per heavy atom. The highest BCUT2D eigenvalue weighted by Crippen LogP contribution is 2.12. The van der Waals surface area contributed by atoms with Crippen LogP contribution in [0.15, 0.2) is 10.2 Å². The Morgan fingerprint density at radius 3 is 2.86 bits per heavy atom. The molecule has 0 aromatic carbocycles. The van der Waals surface area contributed by atoms with Crippen molar-refractivity contribution in [2.45, 2.75) is 45.7 Å². The molecule has 1 amide bonds. The van der Waals surface area contributed by atoms with Crippen molar-refractivity contribution < 1.29 is 4.79 Å². The number of halogens is 1. The molecule has 7 heteroatoms.